The average Bonchev–Trinajstić information content (AvgIpc) is 3.34. The lowest BCUT2D eigenvalue weighted by Crippen LogP contribution is -2.33. The van der Waals surface area contributed by atoms with Crippen LogP contribution in [0.4, 0.5) is 0 Å². The van der Waals surface area contributed by atoms with Crippen molar-refractivity contribution in [2.24, 2.45) is 0 Å². The second-order valence-corrected chi connectivity index (χ2v) is 6.88. The fourth-order valence-electron chi connectivity index (χ4n) is 3.67. The fraction of sp³-hybridized carbons (Fsp3) is 0.450. The van der Waals surface area contributed by atoms with Crippen molar-refractivity contribution in [2.45, 2.75) is 44.6 Å². The molecule has 1 fully saturated rings. The number of carbonyl (C=O) groups excluding carboxylic acids is 1. The van der Waals surface area contributed by atoms with Gasteiger partial charge in [0.15, 0.2) is 0 Å². The molecule has 0 saturated heterocycles. The molecule has 136 valence electrons. The van der Waals surface area contributed by atoms with E-state index in [2.05, 4.69) is 15.3 Å². The Morgan fingerprint density at radius 3 is 2.92 bits per heavy atom. The Labute approximate surface area is 153 Å². The lowest BCUT2D eigenvalue weighted by Gasteiger charge is -2.14. The molecule has 2 aromatic rings. The van der Waals surface area contributed by atoms with Crippen molar-refractivity contribution >= 4 is 5.91 Å². The van der Waals surface area contributed by atoms with Gasteiger partial charge >= 0.3 is 0 Å². The van der Waals surface area contributed by atoms with Crippen molar-refractivity contribution in [1.82, 2.24) is 15.3 Å². The highest BCUT2D eigenvalue weighted by molar-refractivity contribution is 5.93. The molecule has 0 atom stereocenters. The molecule has 0 bridgehead atoms. The number of ether oxygens (including phenoxy) is 2. The first-order chi connectivity index (χ1) is 12.7. The fourth-order valence-corrected chi connectivity index (χ4v) is 3.67. The van der Waals surface area contributed by atoms with Gasteiger partial charge in [-0.05, 0) is 24.5 Å². The largest absolute Gasteiger partial charge is 0.491 e. The van der Waals surface area contributed by atoms with Crippen LogP contribution in [0.3, 0.4) is 0 Å². The lowest BCUT2D eigenvalue weighted by atomic mass is 10.0. The number of methoxy groups -OCH3 is 1. The van der Waals surface area contributed by atoms with Crippen LogP contribution < -0.4 is 14.8 Å². The minimum absolute atomic E-state index is 0.0827. The van der Waals surface area contributed by atoms with Gasteiger partial charge in [-0.3, -0.25) is 4.79 Å². The molecule has 26 heavy (non-hydrogen) atoms. The van der Waals surface area contributed by atoms with Crippen molar-refractivity contribution in [3.05, 3.63) is 46.9 Å². The Morgan fingerprint density at radius 1 is 1.35 bits per heavy atom. The first-order valence-electron chi connectivity index (χ1n) is 9.18. The Balaban J connectivity index is 1.58. The summed E-state index contributed by atoms with van der Waals surface area (Å²) in [6, 6.07) is 5.96. The monoisotopic (exact) mass is 353 g/mol. The molecular formula is C20H23N3O3. The number of pyridine rings is 2. The van der Waals surface area contributed by atoms with Gasteiger partial charge in [-0.2, -0.15) is 0 Å². The number of nitrogens with zero attached hydrogens (tertiary/aromatic N) is 2. The molecule has 1 aliphatic heterocycles. The van der Waals surface area contributed by atoms with Crippen molar-refractivity contribution in [3.8, 4) is 11.6 Å². The van der Waals surface area contributed by atoms with Gasteiger partial charge in [0.2, 0.25) is 5.88 Å². The van der Waals surface area contributed by atoms with E-state index in [0.717, 1.165) is 41.8 Å². The van der Waals surface area contributed by atoms with Crippen LogP contribution in [0.5, 0.6) is 11.6 Å². The van der Waals surface area contributed by atoms with Crippen molar-refractivity contribution in [1.29, 1.82) is 0 Å². The summed E-state index contributed by atoms with van der Waals surface area (Å²) < 4.78 is 10.9. The molecule has 0 spiro atoms. The average molecular weight is 353 g/mol. The maximum atomic E-state index is 12.6. The molecular weight excluding hydrogens is 330 g/mol. The van der Waals surface area contributed by atoms with Crippen LogP contribution in [0.25, 0.3) is 0 Å². The van der Waals surface area contributed by atoms with E-state index in [1.807, 2.05) is 18.2 Å². The Kier molecular flexibility index (Phi) is 4.73. The molecule has 2 aliphatic rings. The minimum Gasteiger partial charge on any atom is -0.491 e. The summed E-state index contributed by atoms with van der Waals surface area (Å²) in [5.41, 5.74) is 3.38. The second kappa shape index (κ2) is 7.32. The maximum absolute atomic E-state index is 12.6. The molecule has 0 aromatic carbocycles. The Bertz CT molecular complexity index is 799. The van der Waals surface area contributed by atoms with E-state index in [1.54, 1.807) is 13.3 Å². The molecule has 0 unspecified atom stereocenters. The lowest BCUT2D eigenvalue weighted by molar-refractivity contribution is 0.0932. The third-order valence-electron chi connectivity index (χ3n) is 5.03. The van der Waals surface area contributed by atoms with Gasteiger partial charge in [0.05, 0.1) is 19.4 Å². The highest BCUT2D eigenvalue weighted by atomic mass is 16.5. The highest BCUT2D eigenvalue weighted by Crippen LogP contribution is 2.31. The predicted octanol–water partition coefficient (Wildman–Crippen LogP) is 2.68. The number of rotatable bonds is 5. The van der Waals surface area contributed by atoms with E-state index in [9.17, 15) is 4.79 Å². The van der Waals surface area contributed by atoms with Crippen LogP contribution in [-0.4, -0.2) is 35.6 Å². The van der Waals surface area contributed by atoms with Crippen molar-refractivity contribution < 1.29 is 14.3 Å². The van der Waals surface area contributed by atoms with Crippen LogP contribution >= 0.6 is 0 Å². The van der Waals surface area contributed by atoms with Crippen LogP contribution in [0.2, 0.25) is 0 Å². The van der Waals surface area contributed by atoms with E-state index < -0.39 is 0 Å². The topological polar surface area (TPSA) is 73.3 Å². The zero-order valence-electron chi connectivity index (χ0n) is 15.0. The quantitative estimate of drug-likeness (QED) is 0.895. The van der Waals surface area contributed by atoms with E-state index in [0.29, 0.717) is 24.6 Å². The number of nitrogens with one attached hydrogen (secondary N) is 1. The van der Waals surface area contributed by atoms with Gasteiger partial charge in [0.1, 0.15) is 11.4 Å². The summed E-state index contributed by atoms with van der Waals surface area (Å²) in [6.45, 7) is 0.615. The number of aromatic nitrogens is 2. The van der Waals surface area contributed by atoms with Crippen molar-refractivity contribution in [2.75, 3.05) is 13.7 Å². The molecule has 1 N–H and O–H groups in total. The van der Waals surface area contributed by atoms with Gasteiger partial charge < -0.3 is 14.8 Å². The summed E-state index contributed by atoms with van der Waals surface area (Å²) in [5.74, 6) is 1.32. The zero-order valence-corrected chi connectivity index (χ0v) is 15.0. The third-order valence-corrected chi connectivity index (χ3v) is 5.03. The normalized spacial score (nSPS) is 16.2. The van der Waals surface area contributed by atoms with Crippen LogP contribution in [0.15, 0.2) is 24.4 Å². The molecule has 6 heteroatoms. The van der Waals surface area contributed by atoms with Crippen LogP contribution in [0, 0.1) is 0 Å². The summed E-state index contributed by atoms with van der Waals surface area (Å²) >= 11 is 0. The van der Waals surface area contributed by atoms with Gasteiger partial charge in [-0.1, -0.05) is 18.9 Å². The van der Waals surface area contributed by atoms with Gasteiger partial charge in [0, 0.05) is 36.7 Å². The zero-order chi connectivity index (χ0) is 17.9. The van der Waals surface area contributed by atoms with Crippen LogP contribution in [-0.2, 0) is 12.8 Å². The summed E-state index contributed by atoms with van der Waals surface area (Å²) in [7, 11) is 1.60. The number of hydrogen-bond acceptors (Lipinski definition) is 5. The van der Waals surface area contributed by atoms with E-state index in [1.165, 1.54) is 12.8 Å². The van der Waals surface area contributed by atoms with E-state index >= 15 is 0 Å². The van der Waals surface area contributed by atoms with Crippen molar-refractivity contribution in [3.63, 3.8) is 0 Å². The molecule has 6 nitrogen and oxygen atoms in total. The van der Waals surface area contributed by atoms with Gasteiger partial charge in [-0.15, -0.1) is 0 Å². The first kappa shape index (κ1) is 16.8. The van der Waals surface area contributed by atoms with E-state index in [4.69, 9.17) is 9.47 Å². The SMILES string of the molecule is COc1ccc(Cc2cc(C(=O)NC3CCCC3)nc3c2OCC3)cn1. The summed E-state index contributed by atoms with van der Waals surface area (Å²) in [4.78, 5) is 21.5. The smallest absolute Gasteiger partial charge is 0.270 e. The predicted molar refractivity (Wildman–Crippen MR) is 96.8 cm³/mol. The second-order valence-electron chi connectivity index (χ2n) is 6.88. The molecule has 3 heterocycles. The summed E-state index contributed by atoms with van der Waals surface area (Å²) in [6.07, 6.45) is 7.67. The highest BCUT2D eigenvalue weighted by Gasteiger charge is 2.24. The van der Waals surface area contributed by atoms with Gasteiger partial charge in [-0.25, -0.2) is 9.97 Å². The molecule has 1 saturated carbocycles. The third kappa shape index (κ3) is 3.49. The number of fused-ring (bicyclic) bond motifs is 1. The Morgan fingerprint density at radius 2 is 2.19 bits per heavy atom. The first-order valence-corrected chi connectivity index (χ1v) is 9.18. The Hall–Kier alpha value is -2.63. The van der Waals surface area contributed by atoms with E-state index in [-0.39, 0.29) is 11.9 Å². The molecule has 2 aromatic heterocycles. The maximum Gasteiger partial charge on any atom is 0.270 e. The number of carbonyl (C=O) groups is 1. The standard InChI is InChI=1S/C20H23N3O3/c1-25-18-7-6-13(12-21-18)10-14-11-17(23-16-8-9-26-19(14)16)20(24)22-15-4-2-3-5-15/h6-7,11-12,15H,2-5,8-10H2,1H3,(H,22,24). The number of amides is 1. The summed E-state index contributed by atoms with van der Waals surface area (Å²) in [5, 5.41) is 3.12. The van der Waals surface area contributed by atoms with Gasteiger partial charge in [0.25, 0.3) is 5.91 Å². The molecule has 0 radical (unpaired) electrons. The molecule has 1 aliphatic carbocycles. The van der Waals surface area contributed by atoms with Crippen LogP contribution in [0.1, 0.15) is 53.0 Å². The minimum atomic E-state index is -0.0827. The molecule has 4 rings (SSSR count). The number of hydrogen-bond donors (Lipinski definition) is 1. The molecule has 1 amide bonds.